The molecule has 2 aromatic rings. The fourth-order valence-corrected chi connectivity index (χ4v) is 2.73. The quantitative estimate of drug-likeness (QED) is 0.800. The van der Waals surface area contributed by atoms with E-state index in [9.17, 15) is 9.59 Å². The van der Waals surface area contributed by atoms with Crippen LogP contribution in [0.5, 0.6) is 5.75 Å². The van der Waals surface area contributed by atoms with Crippen molar-refractivity contribution in [2.75, 3.05) is 23.1 Å². The van der Waals surface area contributed by atoms with Gasteiger partial charge in [0.1, 0.15) is 11.8 Å². The lowest BCUT2D eigenvalue weighted by molar-refractivity contribution is -0.122. The molecule has 6 nitrogen and oxygen atoms in total. The number of benzene rings is 2. The van der Waals surface area contributed by atoms with Crippen molar-refractivity contribution in [2.24, 2.45) is 0 Å². The minimum Gasteiger partial charge on any atom is -0.497 e. The van der Waals surface area contributed by atoms with E-state index in [1.165, 1.54) is 0 Å². The number of hydrogen-bond donors (Lipinski definition) is 3. The molecule has 0 saturated carbocycles. The Morgan fingerprint density at radius 3 is 2.40 bits per heavy atom. The molecule has 1 aliphatic heterocycles. The molecule has 3 N–H and O–H groups in total. The van der Waals surface area contributed by atoms with Crippen LogP contribution in [0.2, 0.25) is 0 Å². The summed E-state index contributed by atoms with van der Waals surface area (Å²) in [5, 5.41) is 8.81. The molecule has 2 amide bonds. The molecular formula is C19H21N3O3. The minimum absolute atomic E-state index is 0.0459. The van der Waals surface area contributed by atoms with Gasteiger partial charge in [0, 0.05) is 5.69 Å². The summed E-state index contributed by atoms with van der Waals surface area (Å²) in [5.74, 6) is 0.277. The van der Waals surface area contributed by atoms with E-state index < -0.39 is 6.04 Å². The molecule has 1 atom stereocenters. The largest absolute Gasteiger partial charge is 0.497 e. The van der Waals surface area contributed by atoms with E-state index in [4.69, 9.17) is 4.74 Å². The Morgan fingerprint density at radius 2 is 1.76 bits per heavy atom. The van der Waals surface area contributed by atoms with Gasteiger partial charge < -0.3 is 20.7 Å². The van der Waals surface area contributed by atoms with Gasteiger partial charge in [0.05, 0.1) is 24.9 Å². The van der Waals surface area contributed by atoms with E-state index in [0.29, 0.717) is 11.4 Å². The van der Waals surface area contributed by atoms with Crippen LogP contribution in [0.15, 0.2) is 36.4 Å². The summed E-state index contributed by atoms with van der Waals surface area (Å²) in [4.78, 5) is 24.5. The topological polar surface area (TPSA) is 79.5 Å². The standard InChI is InChI=1S/C19H21N3O3/c1-11-8-15-16(9-12(11)2)22-19(24)17(21-15)10-18(23)20-13-4-6-14(25-3)7-5-13/h4-9,17,21H,10H2,1-3H3,(H,20,23)(H,22,24)/t17-/m0/s1. The van der Waals surface area contributed by atoms with Crippen molar-refractivity contribution in [3.05, 3.63) is 47.5 Å². The van der Waals surface area contributed by atoms with Crippen LogP contribution in [-0.2, 0) is 9.59 Å². The van der Waals surface area contributed by atoms with Crippen LogP contribution in [0, 0.1) is 13.8 Å². The van der Waals surface area contributed by atoms with Gasteiger partial charge in [0.2, 0.25) is 11.8 Å². The molecule has 25 heavy (non-hydrogen) atoms. The number of hydrogen-bond acceptors (Lipinski definition) is 4. The number of fused-ring (bicyclic) bond motifs is 1. The van der Waals surface area contributed by atoms with Gasteiger partial charge in [-0.3, -0.25) is 9.59 Å². The van der Waals surface area contributed by atoms with Crippen molar-refractivity contribution >= 4 is 28.9 Å². The van der Waals surface area contributed by atoms with Crippen LogP contribution in [0.25, 0.3) is 0 Å². The number of ether oxygens (including phenoxy) is 1. The molecule has 0 fully saturated rings. The van der Waals surface area contributed by atoms with Gasteiger partial charge in [0.15, 0.2) is 0 Å². The van der Waals surface area contributed by atoms with Crippen molar-refractivity contribution in [3.8, 4) is 5.75 Å². The molecule has 0 bridgehead atoms. The van der Waals surface area contributed by atoms with Crippen LogP contribution < -0.4 is 20.7 Å². The van der Waals surface area contributed by atoms with Gasteiger partial charge in [-0.1, -0.05) is 0 Å². The van der Waals surface area contributed by atoms with Crippen molar-refractivity contribution in [2.45, 2.75) is 26.3 Å². The third kappa shape index (κ3) is 3.74. The van der Waals surface area contributed by atoms with E-state index in [2.05, 4.69) is 16.0 Å². The summed E-state index contributed by atoms with van der Waals surface area (Å²) in [6.07, 6.45) is 0.0459. The normalized spacial score (nSPS) is 15.6. The second-order valence-electron chi connectivity index (χ2n) is 6.15. The van der Waals surface area contributed by atoms with Crippen LogP contribution >= 0.6 is 0 Å². The molecule has 0 aliphatic carbocycles. The van der Waals surface area contributed by atoms with E-state index in [1.807, 2.05) is 26.0 Å². The molecule has 130 valence electrons. The molecule has 2 aromatic carbocycles. The maximum atomic E-state index is 12.3. The number of aryl methyl sites for hydroxylation is 2. The van der Waals surface area contributed by atoms with Crippen molar-refractivity contribution in [1.29, 1.82) is 0 Å². The minimum atomic E-state index is -0.604. The summed E-state index contributed by atoms with van der Waals surface area (Å²) in [5.41, 5.74) is 4.49. The SMILES string of the molecule is COc1ccc(NC(=O)C[C@@H]2Nc3cc(C)c(C)cc3NC2=O)cc1. The third-order valence-electron chi connectivity index (χ3n) is 4.30. The predicted octanol–water partition coefficient (Wildman–Crippen LogP) is 3.07. The first-order valence-corrected chi connectivity index (χ1v) is 8.09. The van der Waals surface area contributed by atoms with Crippen LogP contribution in [-0.4, -0.2) is 25.0 Å². The summed E-state index contributed by atoms with van der Waals surface area (Å²) in [7, 11) is 1.59. The van der Waals surface area contributed by atoms with Crippen LogP contribution in [0.4, 0.5) is 17.1 Å². The Labute approximate surface area is 146 Å². The molecule has 6 heteroatoms. The first-order chi connectivity index (χ1) is 12.0. The Balaban J connectivity index is 1.66. The zero-order valence-electron chi connectivity index (χ0n) is 14.5. The zero-order valence-corrected chi connectivity index (χ0v) is 14.5. The number of nitrogens with one attached hydrogen (secondary N) is 3. The maximum absolute atomic E-state index is 12.3. The molecule has 0 aromatic heterocycles. The molecule has 0 spiro atoms. The van der Waals surface area contributed by atoms with Gasteiger partial charge >= 0.3 is 0 Å². The number of methoxy groups -OCH3 is 1. The zero-order chi connectivity index (χ0) is 18.0. The molecule has 3 rings (SSSR count). The van der Waals surface area contributed by atoms with Crippen LogP contribution in [0.3, 0.4) is 0 Å². The van der Waals surface area contributed by atoms with Crippen molar-refractivity contribution < 1.29 is 14.3 Å². The highest BCUT2D eigenvalue weighted by atomic mass is 16.5. The number of rotatable bonds is 4. The third-order valence-corrected chi connectivity index (χ3v) is 4.30. The van der Waals surface area contributed by atoms with Crippen molar-refractivity contribution in [3.63, 3.8) is 0 Å². The molecule has 1 aliphatic rings. The molecule has 0 unspecified atom stereocenters. The lowest BCUT2D eigenvalue weighted by Crippen LogP contribution is -2.41. The molecular weight excluding hydrogens is 318 g/mol. The summed E-state index contributed by atoms with van der Waals surface area (Å²) in [6, 6.07) is 10.4. The Kier molecular flexibility index (Phi) is 4.61. The number of carbonyl (C=O) groups is 2. The van der Waals surface area contributed by atoms with E-state index >= 15 is 0 Å². The Morgan fingerprint density at radius 1 is 1.12 bits per heavy atom. The molecule has 1 heterocycles. The molecule has 0 radical (unpaired) electrons. The van der Waals surface area contributed by atoms with Gasteiger partial charge in [-0.25, -0.2) is 0 Å². The Bertz CT molecular complexity index is 815. The highest BCUT2D eigenvalue weighted by molar-refractivity contribution is 6.06. The fraction of sp³-hybridized carbons (Fsp3) is 0.263. The van der Waals surface area contributed by atoms with E-state index in [1.54, 1.807) is 31.4 Å². The average Bonchev–Trinajstić information content (AvgIpc) is 2.58. The highest BCUT2D eigenvalue weighted by Crippen LogP contribution is 2.30. The highest BCUT2D eigenvalue weighted by Gasteiger charge is 2.27. The summed E-state index contributed by atoms with van der Waals surface area (Å²) < 4.78 is 5.09. The molecule has 0 saturated heterocycles. The monoisotopic (exact) mass is 339 g/mol. The Hall–Kier alpha value is -3.02. The van der Waals surface area contributed by atoms with Gasteiger partial charge in [-0.15, -0.1) is 0 Å². The first-order valence-electron chi connectivity index (χ1n) is 8.09. The van der Waals surface area contributed by atoms with Crippen molar-refractivity contribution in [1.82, 2.24) is 0 Å². The number of carbonyl (C=O) groups excluding carboxylic acids is 2. The number of amides is 2. The average molecular weight is 339 g/mol. The van der Waals surface area contributed by atoms with E-state index in [0.717, 1.165) is 22.5 Å². The predicted molar refractivity (Wildman–Crippen MR) is 98.2 cm³/mol. The van der Waals surface area contributed by atoms with Gasteiger partial charge in [-0.2, -0.15) is 0 Å². The van der Waals surface area contributed by atoms with E-state index in [-0.39, 0.29) is 18.2 Å². The van der Waals surface area contributed by atoms with Gasteiger partial charge in [-0.05, 0) is 61.4 Å². The first kappa shape index (κ1) is 16.8. The smallest absolute Gasteiger partial charge is 0.247 e. The maximum Gasteiger partial charge on any atom is 0.247 e. The summed E-state index contributed by atoms with van der Waals surface area (Å²) in [6.45, 7) is 4.01. The number of anilines is 3. The van der Waals surface area contributed by atoms with Gasteiger partial charge in [0.25, 0.3) is 0 Å². The summed E-state index contributed by atoms with van der Waals surface area (Å²) >= 11 is 0. The lowest BCUT2D eigenvalue weighted by atomic mass is 10.0. The lowest BCUT2D eigenvalue weighted by Gasteiger charge is -2.27. The fourth-order valence-electron chi connectivity index (χ4n) is 2.73. The van der Waals surface area contributed by atoms with Crippen LogP contribution in [0.1, 0.15) is 17.5 Å². The second kappa shape index (κ2) is 6.84. The second-order valence-corrected chi connectivity index (χ2v) is 6.15.